The van der Waals surface area contributed by atoms with E-state index in [2.05, 4.69) is 15.8 Å². The Balaban J connectivity index is 1.61. The van der Waals surface area contributed by atoms with Crippen LogP contribution in [0.5, 0.6) is 11.5 Å². The third-order valence-electron chi connectivity index (χ3n) is 4.11. The third-order valence-corrected chi connectivity index (χ3v) is 4.44. The van der Waals surface area contributed by atoms with Gasteiger partial charge >= 0.3 is 17.8 Å². The fourth-order valence-corrected chi connectivity index (χ4v) is 2.72. The smallest absolute Gasteiger partial charge is 0.343 e. The van der Waals surface area contributed by atoms with Gasteiger partial charge in [0, 0.05) is 0 Å². The Morgan fingerprint density at radius 1 is 0.906 bits per heavy atom. The molecule has 3 aromatic carbocycles. The molecule has 0 saturated heterocycles. The molecule has 8 nitrogen and oxygen atoms in total. The van der Waals surface area contributed by atoms with Crippen molar-refractivity contribution in [3.63, 3.8) is 0 Å². The SMILES string of the molecule is COc1cc(C=NNC(=O)C(=O)Nc2ccccc2Cl)ccc1OC(=O)c1ccccc1. The van der Waals surface area contributed by atoms with Crippen molar-refractivity contribution in [3.05, 3.63) is 88.9 Å². The average Bonchev–Trinajstić information content (AvgIpc) is 2.81. The van der Waals surface area contributed by atoms with Gasteiger partial charge in [0.05, 0.1) is 29.6 Å². The number of hydrogen-bond donors (Lipinski definition) is 2. The number of benzene rings is 3. The van der Waals surface area contributed by atoms with Gasteiger partial charge in [0.15, 0.2) is 11.5 Å². The summed E-state index contributed by atoms with van der Waals surface area (Å²) >= 11 is 5.95. The van der Waals surface area contributed by atoms with Gasteiger partial charge in [-0.2, -0.15) is 5.10 Å². The largest absolute Gasteiger partial charge is 0.493 e. The molecule has 0 spiro atoms. The molecule has 2 N–H and O–H groups in total. The van der Waals surface area contributed by atoms with E-state index >= 15 is 0 Å². The molecule has 9 heteroatoms. The van der Waals surface area contributed by atoms with E-state index in [0.29, 0.717) is 27.6 Å². The Labute approximate surface area is 188 Å². The van der Waals surface area contributed by atoms with Gasteiger partial charge < -0.3 is 14.8 Å². The third kappa shape index (κ3) is 5.93. The molecule has 3 aromatic rings. The molecule has 0 atom stereocenters. The predicted molar refractivity (Wildman–Crippen MR) is 120 cm³/mol. The van der Waals surface area contributed by atoms with Crippen LogP contribution in [0.4, 0.5) is 5.69 Å². The van der Waals surface area contributed by atoms with E-state index in [1.165, 1.54) is 19.4 Å². The van der Waals surface area contributed by atoms with Gasteiger partial charge in [-0.3, -0.25) is 9.59 Å². The van der Waals surface area contributed by atoms with Crippen LogP contribution in [0.1, 0.15) is 15.9 Å². The molecule has 0 radical (unpaired) electrons. The fourth-order valence-electron chi connectivity index (χ4n) is 2.54. The first-order valence-electron chi connectivity index (χ1n) is 9.32. The van der Waals surface area contributed by atoms with Gasteiger partial charge in [-0.25, -0.2) is 10.2 Å². The lowest BCUT2D eigenvalue weighted by Crippen LogP contribution is -2.32. The maximum absolute atomic E-state index is 12.2. The minimum absolute atomic E-state index is 0.224. The zero-order valence-electron chi connectivity index (χ0n) is 16.9. The maximum atomic E-state index is 12.2. The van der Waals surface area contributed by atoms with Gasteiger partial charge in [0.25, 0.3) is 0 Å². The van der Waals surface area contributed by atoms with Crippen molar-refractivity contribution in [1.82, 2.24) is 5.43 Å². The van der Waals surface area contributed by atoms with Gasteiger partial charge in [-0.15, -0.1) is 0 Å². The average molecular weight is 452 g/mol. The molecule has 0 aliphatic rings. The van der Waals surface area contributed by atoms with Crippen molar-refractivity contribution in [3.8, 4) is 11.5 Å². The first-order chi connectivity index (χ1) is 15.5. The number of esters is 1. The number of carbonyl (C=O) groups is 3. The zero-order chi connectivity index (χ0) is 22.9. The summed E-state index contributed by atoms with van der Waals surface area (Å²) in [6.45, 7) is 0. The molecule has 2 amide bonds. The lowest BCUT2D eigenvalue weighted by atomic mass is 10.2. The van der Waals surface area contributed by atoms with Crippen LogP contribution in [0.15, 0.2) is 77.9 Å². The van der Waals surface area contributed by atoms with Crippen LogP contribution in [-0.4, -0.2) is 31.1 Å². The normalized spacial score (nSPS) is 10.4. The summed E-state index contributed by atoms with van der Waals surface area (Å²) in [6, 6.07) is 19.8. The molecule has 32 heavy (non-hydrogen) atoms. The lowest BCUT2D eigenvalue weighted by molar-refractivity contribution is -0.136. The fraction of sp³-hybridized carbons (Fsp3) is 0.0435. The van der Waals surface area contributed by atoms with Gasteiger partial charge in [0.2, 0.25) is 0 Å². The number of carbonyl (C=O) groups excluding carboxylic acids is 3. The topological polar surface area (TPSA) is 106 Å². The molecule has 0 unspecified atom stereocenters. The van der Waals surface area contributed by atoms with Crippen LogP contribution < -0.4 is 20.2 Å². The van der Waals surface area contributed by atoms with Crippen LogP contribution in [0, 0.1) is 0 Å². The second-order valence-corrected chi connectivity index (χ2v) is 6.71. The number of amides is 2. The summed E-state index contributed by atoms with van der Waals surface area (Å²) in [5.41, 5.74) is 3.37. The Bertz CT molecular complexity index is 1170. The minimum Gasteiger partial charge on any atom is -0.493 e. The van der Waals surface area contributed by atoms with Crippen LogP contribution in [0.25, 0.3) is 0 Å². The number of hydrazone groups is 1. The van der Waals surface area contributed by atoms with Crippen LogP contribution in [0.2, 0.25) is 5.02 Å². The first kappa shape index (κ1) is 22.5. The molecule has 0 aliphatic heterocycles. The number of anilines is 1. The number of rotatable bonds is 6. The second-order valence-electron chi connectivity index (χ2n) is 6.30. The van der Waals surface area contributed by atoms with Crippen molar-refractivity contribution in [2.45, 2.75) is 0 Å². The highest BCUT2D eigenvalue weighted by atomic mass is 35.5. The van der Waals surface area contributed by atoms with E-state index < -0.39 is 17.8 Å². The Kier molecular flexibility index (Phi) is 7.55. The van der Waals surface area contributed by atoms with Gasteiger partial charge in [-0.05, 0) is 48.0 Å². The maximum Gasteiger partial charge on any atom is 0.343 e. The van der Waals surface area contributed by atoms with E-state index in [0.717, 1.165) is 0 Å². The quantitative estimate of drug-likeness (QED) is 0.195. The number of nitrogens with one attached hydrogen (secondary N) is 2. The molecule has 0 saturated carbocycles. The zero-order valence-corrected chi connectivity index (χ0v) is 17.6. The van der Waals surface area contributed by atoms with E-state index in [9.17, 15) is 14.4 Å². The number of hydrogen-bond acceptors (Lipinski definition) is 6. The van der Waals surface area contributed by atoms with E-state index in [4.69, 9.17) is 21.1 Å². The summed E-state index contributed by atoms with van der Waals surface area (Å²) < 4.78 is 10.6. The molecule has 162 valence electrons. The summed E-state index contributed by atoms with van der Waals surface area (Å²) in [4.78, 5) is 36.1. The molecule has 0 fully saturated rings. The Morgan fingerprint density at radius 3 is 2.34 bits per heavy atom. The van der Waals surface area contributed by atoms with Crippen LogP contribution in [0.3, 0.4) is 0 Å². The lowest BCUT2D eigenvalue weighted by Gasteiger charge is -2.10. The van der Waals surface area contributed by atoms with Crippen molar-refractivity contribution in [2.75, 3.05) is 12.4 Å². The number of para-hydroxylation sites is 1. The monoisotopic (exact) mass is 451 g/mol. The summed E-state index contributed by atoms with van der Waals surface area (Å²) in [6.07, 6.45) is 1.31. The van der Waals surface area contributed by atoms with Crippen molar-refractivity contribution in [2.24, 2.45) is 5.10 Å². The standard InChI is InChI=1S/C23H18ClN3O5/c1-31-20-13-15(11-12-19(20)32-23(30)16-7-3-2-4-8-16)14-25-27-22(29)21(28)26-18-10-6-5-9-17(18)24/h2-14H,1H3,(H,26,28)(H,27,29). The highest BCUT2D eigenvalue weighted by molar-refractivity contribution is 6.41. The molecule has 0 aliphatic carbocycles. The highest BCUT2D eigenvalue weighted by Gasteiger charge is 2.15. The van der Waals surface area contributed by atoms with Crippen molar-refractivity contribution >= 4 is 41.3 Å². The number of halogens is 1. The van der Waals surface area contributed by atoms with Crippen LogP contribution >= 0.6 is 11.6 Å². The van der Waals surface area contributed by atoms with E-state index in [1.54, 1.807) is 66.7 Å². The highest BCUT2D eigenvalue weighted by Crippen LogP contribution is 2.28. The molecular weight excluding hydrogens is 434 g/mol. The Hall–Kier alpha value is -4.17. The number of methoxy groups -OCH3 is 1. The number of nitrogens with zero attached hydrogens (tertiary/aromatic N) is 1. The first-order valence-corrected chi connectivity index (χ1v) is 9.70. The molecule has 0 aromatic heterocycles. The molecule has 3 rings (SSSR count). The van der Waals surface area contributed by atoms with Crippen LogP contribution in [-0.2, 0) is 9.59 Å². The summed E-state index contributed by atoms with van der Waals surface area (Å²) in [5, 5.41) is 6.45. The van der Waals surface area contributed by atoms with Crippen molar-refractivity contribution < 1.29 is 23.9 Å². The summed E-state index contributed by atoms with van der Waals surface area (Å²) in [7, 11) is 1.43. The van der Waals surface area contributed by atoms with E-state index in [-0.39, 0.29) is 5.75 Å². The predicted octanol–water partition coefficient (Wildman–Crippen LogP) is 3.66. The molecular formula is C23H18ClN3O5. The van der Waals surface area contributed by atoms with Gasteiger partial charge in [0.1, 0.15) is 0 Å². The molecule has 0 heterocycles. The van der Waals surface area contributed by atoms with E-state index in [1.807, 2.05) is 0 Å². The number of ether oxygens (including phenoxy) is 2. The van der Waals surface area contributed by atoms with Gasteiger partial charge in [-0.1, -0.05) is 41.9 Å². The molecule has 0 bridgehead atoms. The van der Waals surface area contributed by atoms with Crippen molar-refractivity contribution in [1.29, 1.82) is 0 Å². The second kappa shape index (κ2) is 10.7. The Morgan fingerprint density at radius 2 is 1.62 bits per heavy atom. The summed E-state index contributed by atoms with van der Waals surface area (Å²) in [5.74, 6) is -1.90. The minimum atomic E-state index is -0.971.